The van der Waals surface area contributed by atoms with Crippen molar-refractivity contribution in [1.82, 2.24) is 8.75 Å². The van der Waals surface area contributed by atoms with Crippen LogP contribution in [0.2, 0.25) is 0 Å². The number of allylic oxidation sites excluding steroid dienone is 1. The number of aliphatic carboxylic acids is 1. The molecule has 0 saturated heterocycles. The molecule has 0 bridgehead atoms. The van der Waals surface area contributed by atoms with Crippen molar-refractivity contribution in [1.29, 1.82) is 0 Å². The predicted octanol–water partition coefficient (Wildman–Crippen LogP) is 4.89. The summed E-state index contributed by atoms with van der Waals surface area (Å²) in [4.78, 5) is 27.2. The summed E-state index contributed by atoms with van der Waals surface area (Å²) in [5.41, 5.74) is 2.03. The van der Waals surface area contributed by atoms with Crippen LogP contribution in [0.1, 0.15) is 27.2 Å². The second-order valence-electron chi connectivity index (χ2n) is 7.77. The predicted molar refractivity (Wildman–Crippen MR) is 133 cm³/mol. The molecular formula is C25H20N2O6S2. The lowest BCUT2D eigenvalue weighted by Crippen LogP contribution is -2.14. The Balaban J connectivity index is 1.65. The number of methoxy groups -OCH3 is 1. The van der Waals surface area contributed by atoms with Gasteiger partial charge in [0.25, 0.3) is 0 Å². The normalized spacial score (nSPS) is 13.7. The number of rotatable bonds is 7. The average Bonchev–Trinajstić information content (AvgIpc) is 3.46. The summed E-state index contributed by atoms with van der Waals surface area (Å²) in [5.74, 6) is -0.569. The van der Waals surface area contributed by atoms with Gasteiger partial charge in [0.05, 0.1) is 37.6 Å². The monoisotopic (exact) mass is 508 g/mol. The molecule has 0 fully saturated rings. The van der Waals surface area contributed by atoms with Crippen LogP contribution in [0.15, 0.2) is 54.1 Å². The minimum Gasteiger partial charge on any atom is -0.490 e. The first-order chi connectivity index (χ1) is 17.0. The average molecular weight is 509 g/mol. The topological polar surface area (TPSA) is 108 Å². The zero-order valence-corrected chi connectivity index (χ0v) is 20.3. The number of hydrogen-bond donors (Lipinski definition) is 1. The summed E-state index contributed by atoms with van der Waals surface area (Å²) in [6.45, 7) is 1.01. The van der Waals surface area contributed by atoms with E-state index in [1.54, 1.807) is 49.6 Å². The van der Waals surface area contributed by atoms with E-state index in [0.717, 1.165) is 23.0 Å². The fourth-order valence-corrected chi connectivity index (χ4v) is 5.21. The van der Waals surface area contributed by atoms with Crippen LogP contribution in [0.25, 0.3) is 16.6 Å². The van der Waals surface area contributed by atoms with Crippen molar-refractivity contribution in [2.75, 3.05) is 20.3 Å². The Kier molecular flexibility index (Phi) is 6.47. The third-order valence-electron chi connectivity index (χ3n) is 5.53. The zero-order chi connectivity index (χ0) is 24.4. The zero-order valence-electron chi connectivity index (χ0n) is 18.6. The molecule has 0 amide bonds. The van der Waals surface area contributed by atoms with Crippen molar-refractivity contribution < 1.29 is 28.9 Å². The van der Waals surface area contributed by atoms with E-state index in [2.05, 4.69) is 8.75 Å². The lowest BCUT2D eigenvalue weighted by Gasteiger charge is -2.14. The molecule has 0 unspecified atom stereocenters. The van der Waals surface area contributed by atoms with Gasteiger partial charge >= 0.3 is 5.97 Å². The van der Waals surface area contributed by atoms with E-state index in [1.165, 1.54) is 11.3 Å². The first-order valence-corrected chi connectivity index (χ1v) is 12.3. The Labute approximate surface area is 208 Å². The SMILES string of the molecule is COc1ccc(CC(C(=O)c2ccc3c(c2)OCCCO3)=C(C(=O)O)c2ccc3nsnc3c2)s1. The van der Waals surface area contributed by atoms with Gasteiger partial charge in [-0.15, -0.1) is 11.3 Å². The van der Waals surface area contributed by atoms with Gasteiger partial charge in [0.15, 0.2) is 22.3 Å². The van der Waals surface area contributed by atoms with E-state index in [-0.39, 0.29) is 17.6 Å². The number of carboxylic acid groups (broad SMARTS) is 1. The van der Waals surface area contributed by atoms with E-state index < -0.39 is 11.8 Å². The Bertz CT molecular complexity index is 1460. The minimum atomic E-state index is -1.20. The summed E-state index contributed by atoms with van der Waals surface area (Å²) in [6, 6.07) is 13.6. The van der Waals surface area contributed by atoms with E-state index in [4.69, 9.17) is 14.2 Å². The number of ether oxygens (including phenoxy) is 3. The molecule has 0 aliphatic carbocycles. The number of thiophene rings is 1. The smallest absolute Gasteiger partial charge is 0.336 e. The van der Waals surface area contributed by atoms with Gasteiger partial charge in [-0.25, -0.2) is 4.79 Å². The third-order valence-corrected chi connectivity index (χ3v) is 7.13. The van der Waals surface area contributed by atoms with Gasteiger partial charge in [-0.05, 0) is 48.0 Å². The number of carboxylic acids is 1. The van der Waals surface area contributed by atoms with Crippen molar-refractivity contribution in [2.45, 2.75) is 12.8 Å². The molecule has 3 heterocycles. The van der Waals surface area contributed by atoms with Crippen LogP contribution in [-0.2, 0) is 11.2 Å². The van der Waals surface area contributed by atoms with Crippen LogP contribution in [0, 0.1) is 0 Å². The molecule has 4 aromatic rings. The molecule has 0 spiro atoms. The number of carbonyl (C=O) groups excluding carboxylic acids is 1. The van der Waals surface area contributed by atoms with Gasteiger partial charge in [-0.1, -0.05) is 6.07 Å². The summed E-state index contributed by atoms with van der Waals surface area (Å²) >= 11 is 2.41. The Morgan fingerprint density at radius 3 is 2.51 bits per heavy atom. The van der Waals surface area contributed by atoms with Gasteiger partial charge in [0.1, 0.15) is 11.0 Å². The molecule has 10 heteroatoms. The highest BCUT2D eigenvalue weighted by atomic mass is 32.1. The summed E-state index contributed by atoms with van der Waals surface area (Å²) in [7, 11) is 1.56. The highest BCUT2D eigenvalue weighted by molar-refractivity contribution is 7.13. The van der Waals surface area contributed by atoms with Gasteiger partial charge in [0.2, 0.25) is 0 Å². The number of benzene rings is 2. The summed E-state index contributed by atoms with van der Waals surface area (Å²) in [6.07, 6.45) is 0.858. The van der Waals surface area contributed by atoms with E-state index in [0.29, 0.717) is 51.9 Å². The largest absolute Gasteiger partial charge is 0.490 e. The molecule has 2 aromatic carbocycles. The van der Waals surface area contributed by atoms with E-state index >= 15 is 0 Å². The standard InChI is InChI=1S/C25H20N2O6S2/c1-31-22-8-5-16(34-22)13-17(23(25(29)30)14-3-6-18-19(11-14)27-35-26-18)24(28)15-4-7-20-21(12-15)33-10-2-9-32-20/h3-8,11-12H,2,9-10,13H2,1H3,(H,29,30). The van der Waals surface area contributed by atoms with Crippen LogP contribution < -0.4 is 14.2 Å². The quantitative estimate of drug-likeness (QED) is 0.278. The number of aromatic nitrogens is 2. The van der Waals surface area contributed by atoms with E-state index in [9.17, 15) is 14.7 Å². The molecule has 1 aliphatic rings. The fraction of sp³-hybridized carbons (Fsp3) is 0.200. The number of carbonyl (C=O) groups is 2. The van der Waals surface area contributed by atoms with Crippen LogP contribution in [0.3, 0.4) is 0 Å². The van der Waals surface area contributed by atoms with Gasteiger partial charge in [-0.2, -0.15) is 8.75 Å². The molecule has 8 nitrogen and oxygen atoms in total. The second-order valence-corrected chi connectivity index (χ2v) is 9.43. The summed E-state index contributed by atoms with van der Waals surface area (Å²) in [5, 5.41) is 10.9. The molecule has 2 aromatic heterocycles. The van der Waals surface area contributed by atoms with Crippen molar-refractivity contribution in [3.05, 3.63) is 70.1 Å². The molecule has 5 rings (SSSR count). The van der Waals surface area contributed by atoms with Crippen LogP contribution in [-0.4, -0.2) is 45.9 Å². The maximum atomic E-state index is 13.9. The molecule has 1 aliphatic heterocycles. The minimum absolute atomic E-state index is 0.0793. The maximum Gasteiger partial charge on any atom is 0.336 e. The Morgan fingerprint density at radius 1 is 0.971 bits per heavy atom. The van der Waals surface area contributed by atoms with E-state index in [1.807, 2.05) is 6.07 Å². The molecule has 178 valence electrons. The van der Waals surface area contributed by atoms with Crippen molar-refractivity contribution in [3.63, 3.8) is 0 Å². The summed E-state index contributed by atoms with van der Waals surface area (Å²) < 4.78 is 25.1. The lowest BCUT2D eigenvalue weighted by molar-refractivity contribution is -0.130. The molecular weight excluding hydrogens is 488 g/mol. The number of fused-ring (bicyclic) bond motifs is 2. The van der Waals surface area contributed by atoms with Crippen molar-refractivity contribution in [3.8, 4) is 16.6 Å². The highest BCUT2D eigenvalue weighted by Gasteiger charge is 2.26. The molecule has 1 N–H and O–H groups in total. The number of nitrogens with zero attached hydrogens (tertiary/aromatic N) is 2. The molecule has 0 radical (unpaired) electrons. The van der Waals surface area contributed by atoms with Gasteiger partial charge in [-0.3, -0.25) is 4.79 Å². The fourth-order valence-electron chi connectivity index (χ4n) is 3.86. The number of hydrogen-bond acceptors (Lipinski definition) is 9. The van der Waals surface area contributed by atoms with Crippen molar-refractivity contribution in [2.24, 2.45) is 0 Å². The Hall–Kier alpha value is -3.76. The first kappa shape index (κ1) is 23.0. The van der Waals surface area contributed by atoms with Crippen LogP contribution in [0.4, 0.5) is 0 Å². The second kappa shape index (κ2) is 9.85. The van der Waals surface area contributed by atoms with Gasteiger partial charge < -0.3 is 19.3 Å². The lowest BCUT2D eigenvalue weighted by atomic mass is 9.91. The van der Waals surface area contributed by atoms with Crippen molar-refractivity contribution >= 4 is 51.4 Å². The van der Waals surface area contributed by atoms with Crippen LogP contribution >= 0.6 is 23.1 Å². The molecule has 0 saturated carbocycles. The number of Topliss-reactive ketones (excluding diaryl/α,β-unsaturated/α-hetero) is 1. The Morgan fingerprint density at radius 2 is 1.74 bits per heavy atom. The third kappa shape index (κ3) is 4.75. The molecule has 0 atom stereocenters. The molecule has 35 heavy (non-hydrogen) atoms. The van der Waals surface area contributed by atoms with Crippen LogP contribution in [0.5, 0.6) is 16.6 Å². The highest BCUT2D eigenvalue weighted by Crippen LogP contribution is 2.34. The van der Waals surface area contributed by atoms with Gasteiger partial charge in [0, 0.05) is 28.9 Å². The first-order valence-electron chi connectivity index (χ1n) is 10.8. The maximum absolute atomic E-state index is 13.9. The number of ketones is 1.